The van der Waals surface area contributed by atoms with Crippen molar-refractivity contribution in [2.24, 2.45) is 5.92 Å². The molecule has 37 heavy (non-hydrogen) atoms. The molecule has 3 aromatic rings. The van der Waals surface area contributed by atoms with Crippen LogP contribution >= 0.6 is 0 Å². The molecule has 8 nitrogen and oxygen atoms in total. The van der Waals surface area contributed by atoms with Crippen molar-refractivity contribution in [3.8, 4) is 17.1 Å². The van der Waals surface area contributed by atoms with Gasteiger partial charge in [0.05, 0.1) is 31.4 Å². The maximum absolute atomic E-state index is 15.0. The summed E-state index contributed by atoms with van der Waals surface area (Å²) in [6, 6.07) is 10.9. The van der Waals surface area contributed by atoms with Gasteiger partial charge in [-0.05, 0) is 36.3 Å². The molecule has 2 saturated heterocycles. The number of nitrogens with one attached hydrogen (secondary N) is 1. The number of fused-ring (bicyclic) bond motifs is 2. The van der Waals surface area contributed by atoms with Crippen molar-refractivity contribution in [3.63, 3.8) is 0 Å². The van der Waals surface area contributed by atoms with E-state index in [-0.39, 0.29) is 36.6 Å². The third-order valence-electron chi connectivity index (χ3n) is 7.52. The van der Waals surface area contributed by atoms with Gasteiger partial charge in [-0.1, -0.05) is 30.3 Å². The molecule has 1 unspecified atom stereocenters. The number of aliphatic hydroxyl groups excluding tert-OH is 1. The molecule has 0 spiro atoms. The Hall–Kier alpha value is -3.27. The Bertz CT molecular complexity index is 1340. The SMILES string of the molecule is COC(=O)CC1CC=C(c2ccc(-c3nc4cc(O[C@@H]5CO[C@H]6[C@@H]5OC[C@H]6O)[nH]c4cc3F)cc2)CC1. The molecule has 2 aliphatic heterocycles. The highest BCUT2D eigenvalue weighted by Crippen LogP contribution is 2.34. The van der Waals surface area contributed by atoms with Crippen LogP contribution in [0.3, 0.4) is 0 Å². The van der Waals surface area contributed by atoms with E-state index in [0.29, 0.717) is 41.4 Å². The summed E-state index contributed by atoms with van der Waals surface area (Å²) in [7, 11) is 1.42. The summed E-state index contributed by atoms with van der Waals surface area (Å²) in [5.41, 5.74) is 4.41. The monoisotopic (exact) mass is 508 g/mol. The Morgan fingerprint density at radius 1 is 1.16 bits per heavy atom. The molecule has 2 N–H and O–H groups in total. The first kappa shape index (κ1) is 24.1. The molecule has 5 atom stereocenters. The van der Waals surface area contributed by atoms with E-state index in [1.807, 2.05) is 24.3 Å². The second kappa shape index (κ2) is 9.89. The lowest BCUT2D eigenvalue weighted by atomic mass is 9.85. The van der Waals surface area contributed by atoms with Crippen LogP contribution in [-0.2, 0) is 19.0 Å². The number of esters is 1. The Morgan fingerprint density at radius 2 is 1.95 bits per heavy atom. The summed E-state index contributed by atoms with van der Waals surface area (Å²) >= 11 is 0. The Labute approximate surface area is 213 Å². The third kappa shape index (κ3) is 4.74. The van der Waals surface area contributed by atoms with E-state index in [9.17, 15) is 9.90 Å². The molecule has 0 saturated carbocycles. The van der Waals surface area contributed by atoms with Gasteiger partial charge in [0.2, 0.25) is 0 Å². The summed E-state index contributed by atoms with van der Waals surface area (Å²) in [6.45, 7) is 0.535. The normalized spacial score (nSPS) is 27.2. The van der Waals surface area contributed by atoms with Crippen LogP contribution in [0.4, 0.5) is 4.39 Å². The first-order valence-corrected chi connectivity index (χ1v) is 12.6. The van der Waals surface area contributed by atoms with Crippen LogP contribution in [0.1, 0.15) is 31.2 Å². The van der Waals surface area contributed by atoms with Gasteiger partial charge in [-0.25, -0.2) is 9.37 Å². The fourth-order valence-corrected chi connectivity index (χ4v) is 5.48. The molecule has 9 heteroatoms. The maximum Gasteiger partial charge on any atom is 0.305 e. The predicted molar refractivity (Wildman–Crippen MR) is 133 cm³/mol. The number of allylic oxidation sites excluding steroid dienone is 2. The number of aliphatic hydroxyl groups is 1. The number of hydrogen-bond acceptors (Lipinski definition) is 7. The second-order valence-corrected chi connectivity index (χ2v) is 9.93. The largest absolute Gasteiger partial charge is 0.470 e. The average Bonchev–Trinajstić information content (AvgIpc) is 3.60. The molecule has 0 bridgehead atoms. The molecule has 0 radical (unpaired) electrons. The fourth-order valence-electron chi connectivity index (χ4n) is 5.48. The lowest BCUT2D eigenvalue weighted by Gasteiger charge is -2.21. The lowest BCUT2D eigenvalue weighted by molar-refractivity contribution is -0.141. The van der Waals surface area contributed by atoms with E-state index in [1.54, 1.807) is 6.07 Å². The highest BCUT2D eigenvalue weighted by atomic mass is 19.1. The number of halogens is 1. The van der Waals surface area contributed by atoms with Gasteiger partial charge < -0.3 is 29.0 Å². The van der Waals surface area contributed by atoms with E-state index in [1.165, 1.54) is 18.7 Å². The van der Waals surface area contributed by atoms with Crippen molar-refractivity contribution in [1.29, 1.82) is 0 Å². The van der Waals surface area contributed by atoms with Crippen molar-refractivity contribution >= 4 is 22.6 Å². The molecule has 194 valence electrons. The topological polar surface area (TPSA) is 103 Å². The standard InChI is InChI=1S/C28H29FN2O6/c1-34-25(33)10-15-2-4-16(5-3-15)17-6-8-18(9-7-17)26-19(29)11-20-21(31-26)12-24(30-20)37-23-14-36-27-22(32)13-35-28(23)27/h4,6-9,11-12,15,22-23,27-28,30,32H,2-3,5,10,13-14H2,1H3/t15?,22-,23-,27-,28-/m1/s1. The van der Waals surface area contributed by atoms with Gasteiger partial charge in [0.1, 0.15) is 24.0 Å². The number of rotatable bonds is 6. The number of pyridine rings is 1. The summed E-state index contributed by atoms with van der Waals surface area (Å²) in [5, 5.41) is 9.92. The Morgan fingerprint density at radius 3 is 2.70 bits per heavy atom. The van der Waals surface area contributed by atoms with Crippen LogP contribution in [0.25, 0.3) is 27.9 Å². The van der Waals surface area contributed by atoms with Gasteiger partial charge >= 0.3 is 5.97 Å². The molecule has 2 fully saturated rings. The number of hydrogen-bond donors (Lipinski definition) is 2. The maximum atomic E-state index is 15.0. The second-order valence-electron chi connectivity index (χ2n) is 9.93. The van der Waals surface area contributed by atoms with Crippen molar-refractivity contribution < 1.29 is 33.2 Å². The highest BCUT2D eigenvalue weighted by molar-refractivity contribution is 5.81. The number of benzene rings is 1. The predicted octanol–water partition coefficient (Wildman–Crippen LogP) is 4.02. The molecular weight excluding hydrogens is 479 g/mol. The van der Waals surface area contributed by atoms with Crippen LogP contribution in [-0.4, -0.2) is 65.8 Å². The zero-order chi connectivity index (χ0) is 25.5. The molecule has 4 heterocycles. The summed E-state index contributed by atoms with van der Waals surface area (Å²) in [6.07, 6.45) is 3.58. The third-order valence-corrected chi connectivity index (χ3v) is 7.52. The van der Waals surface area contributed by atoms with E-state index in [0.717, 1.165) is 24.8 Å². The first-order chi connectivity index (χ1) is 18.0. The van der Waals surface area contributed by atoms with Gasteiger partial charge in [-0.2, -0.15) is 0 Å². The first-order valence-electron chi connectivity index (χ1n) is 12.6. The van der Waals surface area contributed by atoms with Gasteiger partial charge in [-0.15, -0.1) is 0 Å². The van der Waals surface area contributed by atoms with Crippen molar-refractivity contribution in [2.45, 2.75) is 50.1 Å². The summed E-state index contributed by atoms with van der Waals surface area (Å²) in [5.74, 6) is 0.171. The van der Waals surface area contributed by atoms with E-state index < -0.39 is 11.9 Å². The van der Waals surface area contributed by atoms with Crippen LogP contribution < -0.4 is 4.74 Å². The molecule has 1 aliphatic carbocycles. The van der Waals surface area contributed by atoms with Crippen LogP contribution in [0.5, 0.6) is 5.88 Å². The molecule has 6 rings (SSSR count). The van der Waals surface area contributed by atoms with Gasteiger partial charge in [0, 0.05) is 24.1 Å². The summed E-state index contributed by atoms with van der Waals surface area (Å²) in [4.78, 5) is 19.2. The number of nitrogens with zero attached hydrogens (tertiary/aromatic N) is 1. The molecule has 1 aromatic carbocycles. The molecule has 3 aliphatic rings. The van der Waals surface area contributed by atoms with Crippen LogP contribution in [0, 0.1) is 11.7 Å². The van der Waals surface area contributed by atoms with Gasteiger partial charge in [0.15, 0.2) is 17.8 Å². The number of methoxy groups -OCH3 is 1. The van der Waals surface area contributed by atoms with Crippen LogP contribution in [0.15, 0.2) is 42.5 Å². The number of H-pyrrole nitrogens is 1. The minimum absolute atomic E-state index is 0.164. The average molecular weight is 509 g/mol. The van der Waals surface area contributed by atoms with Crippen molar-refractivity contribution in [2.75, 3.05) is 20.3 Å². The Balaban J connectivity index is 1.16. The Kier molecular flexibility index (Phi) is 6.44. The minimum Gasteiger partial charge on any atom is -0.470 e. The smallest absolute Gasteiger partial charge is 0.305 e. The zero-order valence-electron chi connectivity index (χ0n) is 20.5. The highest BCUT2D eigenvalue weighted by Gasteiger charge is 2.48. The zero-order valence-corrected chi connectivity index (χ0v) is 20.5. The quantitative estimate of drug-likeness (QED) is 0.485. The van der Waals surface area contributed by atoms with E-state index >= 15 is 4.39 Å². The van der Waals surface area contributed by atoms with Crippen molar-refractivity contribution in [3.05, 3.63) is 53.9 Å². The molecule has 2 aromatic heterocycles. The lowest BCUT2D eigenvalue weighted by Crippen LogP contribution is -2.34. The molecular formula is C28H29FN2O6. The number of ether oxygens (including phenoxy) is 4. The van der Waals surface area contributed by atoms with E-state index in [4.69, 9.17) is 18.9 Å². The molecule has 0 amide bonds. The fraction of sp³-hybridized carbons (Fsp3) is 0.429. The van der Waals surface area contributed by atoms with Crippen molar-refractivity contribution in [1.82, 2.24) is 9.97 Å². The number of carbonyl (C=O) groups is 1. The number of aromatic amines is 1. The van der Waals surface area contributed by atoms with Crippen LogP contribution in [0.2, 0.25) is 0 Å². The van der Waals surface area contributed by atoms with Gasteiger partial charge in [-0.3, -0.25) is 4.79 Å². The minimum atomic E-state index is -0.649. The number of carbonyl (C=O) groups excluding carboxylic acids is 1. The number of aromatic nitrogens is 2. The van der Waals surface area contributed by atoms with E-state index in [2.05, 4.69) is 16.0 Å². The van der Waals surface area contributed by atoms with Gasteiger partial charge in [0.25, 0.3) is 0 Å². The summed E-state index contributed by atoms with van der Waals surface area (Å²) < 4.78 is 37.0.